The number of carbonyl (C=O) groups excluding carboxylic acids is 1. The maximum atomic E-state index is 13.6. The number of methoxy groups -OCH3 is 1. The Kier molecular flexibility index (Phi) is 2.37. The molecule has 0 aliphatic heterocycles. The van der Waals surface area contributed by atoms with Crippen LogP contribution in [0.15, 0.2) is 30.3 Å². The summed E-state index contributed by atoms with van der Waals surface area (Å²) in [5, 5.41) is 1.39. The van der Waals surface area contributed by atoms with Crippen molar-refractivity contribution in [3.63, 3.8) is 0 Å². The number of halogens is 1. The second-order valence-corrected chi connectivity index (χ2v) is 3.15. The predicted molar refractivity (Wildman–Crippen MR) is 55.8 cm³/mol. The van der Waals surface area contributed by atoms with Gasteiger partial charge in [0.1, 0.15) is 0 Å². The molecular formula is C12H9FO2. The van der Waals surface area contributed by atoms with Gasteiger partial charge in [-0.25, -0.2) is 4.39 Å². The predicted octanol–water partition coefficient (Wildman–Crippen LogP) is 2.80. The van der Waals surface area contributed by atoms with Crippen LogP contribution in [0.2, 0.25) is 0 Å². The average Bonchev–Trinajstić information content (AvgIpc) is 2.28. The normalized spacial score (nSPS) is 10.3. The van der Waals surface area contributed by atoms with Crippen LogP contribution in [0, 0.1) is 5.82 Å². The van der Waals surface area contributed by atoms with Gasteiger partial charge in [-0.05, 0) is 16.8 Å². The van der Waals surface area contributed by atoms with Gasteiger partial charge < -0.3 is 4.74 Å². The maximum absolute atomic E-state index is 13.6. The topological polar surface area (TPSA) is 26.3 Å². The van der Waals surface area contributed by atoms with E-state index < -0.39 is 5.82 Å². The number of hydrogen-bond donors (Lipinski definition) is 0. The van der Waals surface area contributed by atoms with E-state index in [0.29, 0.717) is 11.7 Å². The molecule has 0 amide bonds. The van der Waals surface area contributed by atoms with Crippen LogP contribution in [0.25, 0.3) is 10.8 Å². The van der Waals surface area contributed by atoms with E-state index in [-0.39, 0.29) is 11.3 Å². The van der Waals surface area contributed by atoms with Crippen LogP contribution in [0.1, 0.15) is 10.4 Å². The first kappa shape index (κ1) is 9.65. The summed E-state index contributed by atoms with van der Waals surface area (Å²) in [6.45, 7) is 0. The van der Waals surface area contributed by atoms with E-state index in [4.69, 9.17) is 4.74 Å². The van der Waals surface area contributed by atoms with E-state index >= 15 is 0 Å². The number of aldehydes is 1. The Balaban J connectivity index is 2.89. The Hall–Kier alpha value is -1.90. The zero-order valence-electron chi connectivity index (χ0n) is 8.16. The third-order valence-electron chi connectivity index (χ3n) is 2.33. The first-order chi connectivity index (χ1) is 7.27. The zero-order chi connectivity index (χ0) is 10.8. The summed E-state index contributed by atoms with van der Waals surface area (Å²) >= 11 is 0. The van der Waals surface area contributed by atoms with Crippen molar-refractivity contribution in [2.24, 2.45) is 0 Å². The van der Waals surface area contributed by atoms with Crippen molar-refractivity contribution in [2.75, 3.05) is 7.11 Å². The van der Waals surface area contributed by atoms with E-state index in [1.54, 1.807) is 18.2 Å². The quantitative estimate of drug-likeness (QED) is 0.703. The molecule has 0 fully saturated rings. The number of fused-ring (bicyclic) bond motifs is 1. The Bertz CT molecular complexity index is 520. The number of carbonyl (C=O) groups is 1. The van der Waals surface area contributed by atoms with Gasteiger partial charge in [0.05, 0.1) is 12.7 Å². The molecule has 76 valence electrons. The molecule has 0 bridgehead atoms. The lowest BCUT2D eigenvalue weighted by Gasteiger charge is -2.07. The van der Waals surface area contributed by atoms with Crippen LogP contribution in [0.5, 0.6) is 5.75 Å². The van der Waals surface area contributed by atoms with Gasteiger partial charge in [0.15, 0.2) is 17.9 Å². The summed E-state index contributed by atoms with van der Waals surface area (Å²) in [6, 6.07) is 8.69. The fourth-order valence-electron chi connectivity index (χ4n) is 1.59. The van der Waals surface area contributed by atoms with Crippen LogP contribution >= 0.6 is 0 Å². The summed E-state index contributed by atoms with van der Waals surface area (Å²) in [4.78, 5) is 10.8. The minimum absolute atomic E-state index is 0.0463. The second kappa shape index (κ2) is 3.69. The lowest BCUT2D eigenvalue weighted by molar-refractivity contribution is 0.112. The average molecular weight is 204 g/mol. The molecule has 0 unspecified atom stereocenters. The minimum atomic E-state index is -0.605. The molecule has 0 radical (unpaired) electrons. The Labute approximate surface area is 86.3 Å². The van der Waals surface area contributed by atoms with Gasteiger partial charge in [0.2, 0.25) is 0 Å². The van der Waals surface area contributed by atoms with E-state index in [9.17, 15) is 9.18 Å². The second-order valence-electron chi connectivity index (χ2n) is 3.15. The number of rotatable bonds is 2. The van der Waals surface area contributed by atoms with Crippen LogP contribution in [0.3, 0.4) is 0 Å². The summed E-state index contributed by atoms with van der Waals surface area (Å²) in [6.07, 6.45) is 0.514. The summed E-state index contributed by atoms with van der Waals surface area (Å²) in [5.74, 6) is -0.512. The molecule has 3 heteroatoms. The standard InChI is InChI=1S/C12H9FO2/c1-15-11-6-8-4-2-3-5-9(8)10(7-14)12(11)13/h2-7H,1H3. The van der Waals surface area contributed by atoms with Crippen LogP contribution in [-0.4, -0.2) is 13.4 Å². The van der Waals surface area contributed by atoms with Gasteiger partial charge >= 0.3 is 0 Å². The highest BCUT2D eigenvalue weighted by Crippen LogP contribution is 2.28. The number of ether oxygens (including phenoxy) is 1. The highest BCUT2D eigenvalue weighted by atomic mass is 19.1. The molecule has 2 aromatic rings. The fraction of sp³-hybridized carbons (Fsp3) is 0.0833. The highest BCUT2D eigenvalue weighted by molar-refractivity contribution is 5.99. The first-order valence-electron chi connectivity index (χ1n) is 4.48. The molecule has 15 heavy (non-hydrogen) atoms. The molecular weight excluding hydrogens is 195 g/mol. The number of benzene rings is 2. The Morgan fingerprint density at radius 1 is 1.33 bits per heavy atom. The van der Waals surface area contributed by atoms with Crippen molar-refractivity contribution in [1.82, 2.24) is 0 Å². The van der Waals surface area contributed by atoms with Crippen molar-refractivity contribution in [2.45, 2.75) is 0 Å². The lowest BCUT2D eigenvalue weighted by Crippen LogP contribution is -1.95. The molecule has 2 aromatic carbocycles. The zero-order valence-corrected chi connectivity index (χ0v) is 8.16. The largest absolute Gasteiger partial charge is 0.494 e. The molecule has 0 aromatic heterocycles. The third kappa shape index (κ3) is 1.46. The van der Waals surface area contributed by atoms with E-state index in [1.165, 1.54) is 7.11 Å². The SMILES string of the molecule is COc1cc2ccccc2c(C=O)c1F. The van der Waals surface area contributed by atoms with E-state index in [1.807, 2.05) is 12.1 Å². The molecule has 0 heterocycles. The molecule has 0 atom stereocenters. The van der Waals surface area contributed by atoms with Crippen LogP contribution in [-0.2, 0) is 0 Å². The maximum Gasteiger partial charge on any atom is 0.176 e. The van der Waals surface area contributed by atoms with Gasteiger partial charge in [-0.1, -0.05) is 24.3 Å². The molecule has 0 aliphatic rings. The molecule has 2 rings (SSSR count). The molecule has 0 aliphatic carbocycles. The summed E-state index contributed by atoms with van der Waals surface area (Å²) in [5.41, 5.74) is 0.0463. The first-order valence-corrected chi connectivity index (χ1v) is 4.48. The van der Waals surface area contributed by atoms with Gasteiger partial charge in [0.25, 0.3) is 0 Å². The number of hydrogen-bond acceptors (Lipinski definition) is 2. The van der Waals surface area contributed by atoms with Gasteiger partial charge in [-0.15, -0.1) is 0 Å². The van der Waals surface area contributed by atoms with Crippen LogP contribution < -0.4 is 4.74 Å². The van der Waals surface area contributed by atoms with Gasteiger partial charge in [-0.2, -0.15) is 0 Å². The summed E-state index contributed by atoms with van der Waals surface area (Å²) in [7, 11) is 1.38. The third-order valence-corrected chi connectivity index (χ3v) is 2.33. The molecule has 2 nitrogen and oxygen atoms in total. The van der Waals surface area contributed by atoms with Crippen molar-refractivity contribution >= 4 is 17.1 Å². The molecule has 0 saturated carbocycles. The summed E-state index contributed by atoms with van der Waals surface area (Å²) < 4.78 is 18.5. The van der Waals surface area contributed by atoms with Crippen molar-refractivity contribution in [3.8, 4) is 5.75 Å². The van der Waals surface area contributed by atoms with Crippen molar-refractivity contribution in [1.29, 1.82) is 0 Å². The van der Waals surface area contributed by atoms with Gasteiger partial charge in [-0.3, -0.25) is 4.79 Å². The van der Waals surface area contributed by atoms with E-state index in [0.717, 1.165) is 5.39 Å². The molecule has 0 N–H and O–H groups in total. The Morgan fingerprint density at radius 3 is 2.73 bits per heavy atom. The monoisotopic (exact) mass is 204 g/mol. The van der Waals surface area contributed by atoms with Gasteiger partial charge in [0, 0.05) is 0 Å². The smallest absolute Gasteiger partial charge is 0.176 e. The lowest BCUT2D eigenvalue weighted by atomic mass is 10.0. The highest BCUT2D eigenvalue weighted by Gasteiger charge is 2.12. The molecule has 0 saturated heterocycles. The van der Waals surface area contributed by atoms with Crippen molar-refractivity contribution < 1.29 is 13.9 Å². The molecule has 0 spiro atoms. The van der Waals surface area contributed by atoms with Crippen LogP contribution in [0.4, 0.5) is 4.39 Å². The fourth-order valence-corrected chi connectivity index (χ4v) is 1.59. The van der Waals surface area contributed by atoms with Crippen molar-refractivity contribution in [3.05, 3.63) is 41.7 Å². The Morgan fingerprint density at radius 2 is 2.07 bits per heavy atom. The van der Waals surface area contributed by atoms with E-state index in [2.05, 4.69) is 0 Å². The minimum Gasteiger partial charge on any atom is -0.494 e.